The van der Waals surface area contributed by atoms with Crippen molar-refractivity contribution in [2.75, 3.05) is 31.7 Å². The van der Waals surface area contributed by atoms with Gasteiger partial charge in [-0.1, -0.05) is 37.5 Å². The summed E-state index contributed by atoms with van der Waals surface area (Å²) in [7, 11) is 2.07. The fraction of sp³-hybridized carbons (Fsp3) is 0.636. The Bertz CT molecular complexity index is 723. The second-order valence-electron chi connectivity index (χ2n) is 8.77. The molecule has 0 radical (unpaired) electrons. The Kier molecular flexibility index (Phi) is 5.58. The molecule has 2 heterocycles. The lowest BCUT2D eigenvalue weighted by atomic mass is 9.82. The Morgan fingerprint density at radius 1 is 1.00 bits per heavy atom. The van der Waals surface area contributed by atoms with E-state index in [0.717, 1.165) is 56.6 Å². The standard InChI is InChI=1S/C22H32N4O2/c1-24(16-18-10-4-5-11-19(18)25-14-8-3-9-15-25)17-26-20(27)22(23-21(26)28)12-6-2-7-13-22/h4-5,10-11H,2-3,6-9,12-17H2,1H3,(H,23,28)/p+1. The quantitative estimate of drug-likeness (QED) is 0.762. The second-order valence-corrected chi connectivity index (χ2v) is 8.77. The molecule has 0 aromatic heterocycles. The molecule has 3 amide bonds. The van der Waals surface area contributed by atoms with Gasteiger partial charge in [0.1, 0.15) is 12.1 Å². The summed E-state index contributed by atoms with van der Waals surface area (Å²) >= 11 is 0. The van der Waals surface area contributed by atoms with Gasteiger partial charge in [-0.3, -0.25) is 4.79 Å². The van der Waals surface area contributed by atoms with Crippen LogP contribution in [0, 0.1) is 0 Å². The summed E-state index contributed by atoms with van der Waals surface area (Å²) in [5.41, 5.74) is 1.98. The van der Waals surface area contributed by atoms with Gasteiger partial charge in [-0.05, 0) is 38.2 Å². The van der Waals surface area contributed by atoms with Crippen LogP contribution in [0.4, 0.5) is 10.5 Å². The van der Waals surface area contributed by atoms with Gasteiger partial charge in [0.2, 0.25) is 0 Å². The minimum atomic E-state index is -0.624. The zero-order valence-electron chi connectivity index (χ0n) is 17.0. The first-order chi connectivity index (χ1) is 13.6. The van der Waals surface area contributed by atoms with E-state index in [0.29, 0.717) is 6.67 Å². The first-order valence-electron chi connectivity index (χ1n) is 10.9. The molecule has 4 rings (SSSR count). The molecule has 3 aliphatic rings. The number of anilines is 1. The average Bonchev–Trinajstić information content (AvgIpc) is 2.93. The number of quaternary nitrogens is 1. The van der Waals surface area contributed by atoms with Crippen molar-refractivity contribution in [2.24, 2.45) is 0 Å². The van der Waals surface area contributed by atoms with Crippen LogP contribution in [0.2, 0.25) is 0 Å². The zero-order chi connectivity index (χ0) is 19.6. The van der Waals surface area contributed by atoms with Gasteiger partial charge in [-0.25, -0.2) is 9.69 Å². The van der Waals surface area contributed by atoms with Crippen molar-refractivity contribution in [1.29, 1.82) is 0 Å². The number of piperidine rings is 1. The molecule has 1 saturated carbocycles. The SMILES string of the molecule is C[NH+](Cc1ccccc1N1CCCCC1)CN1C(=O)NC2(CCCCC2)C1=O. The van der Waals surface area contributed by atoms with Crippen molar-refractivity contribution in [3.05, 3.63) is 29.8 Å². The molecule has 152 valence electrons. The summed E-state index contributed by atoms with van der Waals surface area (Å²) in [6.07, 6.45) is 8.58. The molecule has 2 aliphatic heterocycles. The van der Waals surface area contributed by atoms with Crippen LogP contribution in [0.5, 0.6) is 0 Å². The Morgan fingerprint density at radius 3 is 2.43 bits per heavy atom. The number of benzene rings is 1. The number of amides is 3. The summed E-state index contributed by atoms with van der Waals surface area (Å²) in [6.45, 7) is 3.45. The van der Waals surface area contributed by atoms with Gasteiger partial charge < -0.3 is 15.1 Å². The molecule has 1 aromatic rings. The van der Waals surface area contributed by atoms with E-state index in [4.69, 9.17) is 0 Å². The smallest absolute Gasteiger partial charge is 0.329 e. The number of nitrogens with zero attached hydrogens (tertiary/aromatic N) is 2. The van der Waals surface area contributed by atoms with Gasteiger partial charge >= 0.3 is 6.03 Å². The third-order valence-corrected chi connectivity index (χ3v) is 6.56. The zero-order valence-corrected chi connectivity index (χ0v) is 17.0. The van der Waals surface area contributed by atoms with Gasteiger partial charge in [0.25, 0.3) is 5.91 Å². The molecule has 2 N–H and O–H groups in total. The van der Waals surface area contributed by atoms with E-state index in [9.17, 15) is 9.59 Å². The molecular formula is C22H33N4O2+. The van der Waals surface area contributed by atoms with Crippen LogP contribution in [0.25, 0.3) is 0 Å². The number of carbonyl (C=O) groups is 2. The molecule has 1 atom stereocenters. The fourth-order valence-electron chi connectivity index (χ4n) is 5.07. The molecule has 1 spiro atoms. The third-order valence-electron chi connectivity index (χ3n) is 6.56. The number of hydrogen-bond acceptors (Lipinski definition) is 3. The summed E-state index contributed by atoms with van der Waals surface area (Å²) < 4.78 is 0. The fourth-order valence-corrected chi connectivity index (χ4v) is 5.07. The van der Waals surface area contributed by atoms with Crippen molar-refractivity contribution in [3.8, 4) is 0 Å². The van der Waals surface area contributed by atoms with Crippen LogP contribution in [0.1, 0.15) is 56.9 Å². The van der Waals surface area contributed by atoms with Crippen molar-refractivity contribution >= 4 is 17.6 Å². The minimum Gasteiger partial charge on any atom is -0.371 e. The van der Waals surface area contributed by atoms with E-state index in [1.807, 2.05) is 0 Å². The van der Waals surface area contributed by atoms with Gasteiger partial charge in [-0.15, -0.1) is 0 Å². The van der Waals surface area contributed by atoms with E-state index < -0.39 is 5.54 Å². The summed E-state index contributed by atoms with van der Waals surface area (Å²) in [5, 5.41) is 3.02. The van der Waals surface area contributed by atoms with Crippen LogP contribution < -0.4 is 15.1 Å². The van der Waals surface area contributed by atoms with Crippen LogP contribution >= 0.6 is 0 Å². The number of para-hydroxylation sites is 1. The van der Waals surface area contributed by atoms with E-state index in [1.54, 1.807) is 0 Å². The topological polar surface area (TPSA) is 57.1 Å². The van der Waals surface area contributed by atoms with Crippen LogP contribution in [0.15, 0.2) is 24.3 Å². The van der Waals surface area contributed by atoms with E-state index in [1.165, 1.54) is 35.4 Å². The summed E-state index contributed by atoms with van der Waals surface area (Å²) in [6, 6.07) is 8.37. The van der Waals surface area contributed by atoms with Crippen molar-refractivity contribution in [1.82, 2.24) is 10.2 Å². The summed E-state index contributed by atoms with van der Waals surface area (Å²) in [5.74, 6) is -0.0131. The number of carbonyl (C=O) groups excluding carboxylic acids is 2. The van der Waals surface area contributed by atoms with Gasteiger partial charge in [0, 0.05) is 24.3 Å². The molecule has 1 aliphatic carbocycles. The van der Waals surface area contributed by atoms with Gasteiger partial charge in [-0.2, -0.15) is 0 Å². The Morgan fingerprint density at radius 2 is 1.68 bits per heavy atom. The number of urea groups is 1. The maximum absolute atomic E-state index is 13.0. The monoisotopic (exact) mass is 385 g/mol. The molecule has 3 fully saturated rings. The molecule has 2 saturated heterocycles. The van der Waals surface area contributed by atoms with Crippen LogP contribution in [-0.2, 0) is 11.3 Å². The third kappa shape index (κ3) is 3.75. The van der Waals surface area contributed by atoms with Gasteiger partial charge in [0.05, 0.1) is 7.05 Å². The minimum absolute atomic E-state index is 0.0131. The number of imide groups is 1. The Hall–Kier alpha value is -2.08. The lowest BCUT2D eigenvalue weighted by Crippen LogP contribution is -3.09. The first-order valence-corrected chi connectivity index (χ1v) is 10.9. The Labute approximate surface area is 167 Å². The average molecular weight is 386 g/mol. The molecule has 1 unspecified atom stereocenters. The lowest BCUT2D eigenvalue weighted by Gasteiger charge is -2.31. The molecule has 6 nitrogen and oxygen atoms in total. The van der Waals surface area contributed by atoms with Crippen molar-refractivity contribution in [2.45, 2.75) is 63.5 Å². The first kappa shape index (κ1) is 19.2. The number of nitrogens with one attached hydrogen (secondary N) is 2. The van der Waals surface area contributed by atoms with Crippen molar-refractivity contribution < 1.29 is 14.5 Å². The second kappa shape index (κ2) is 8.11. The molecule has 0 bridgehead atoms. The predicted molar refractivity (Wildman–Crippen MR) is 109 cm³/mol. The van der Waals surface area contributed by atoms with E-state index in [-0.39, 0.29) is 11.9 Å². The highest BCUT2D eigenvalue weighted by molar-refractivity contribution is 6.06. The maximum atomic E-state index is 13.0. The maximum Gasteiger partial charge on any atom is 0.329 e. The van der Waals surface area contributed by atoms with Gasteiger partial charge in [0.15, 0.2) is 6.67 Å². The Balaban J connectivity index is 1.43. The highest BCUT2D eigenvalue weighted by Gasteiger charge is 2.52. The molecular weight excluding hydrogens is 352 g/mol. The van der Waals surface area contributed by atoms with E-state index >= 15 is 0 Å². The molecule has 1 aromatic carbocycles. The largest absolute Gasteiger partial charge is 0.371 e. The van der Waals surface area contributed by atoms with Crippen molar-refractivity contribution in [3.63, 3.8) is 0 Å². The summed E-state index contributed by atoms with van der Waals surface area (Å²) in [4.78, 5) is 30.6. The predicted octanol–water partition coefficient (Wildman–Crippen LogP) is 1.90. The van der Waals surface area contributed by atoms with Crippen LogP contribution in [0.3, 0.4) is 0 Å². The molecule has 28 heavy (non-hydrogen) atoms. The highest BCUT2D eigenvalue weighted by Crippen LogP contribution is 2.33. The van der Waals surface area contributed by atoms with E-state index in [2.05, 4.69) is 41.5 Å². The molecule has 6 heteroatoms. The lowest BCUT2D eigenvalue weighted by molar-refractivity contribution is -0.901. The number of rotatable bonds is 5. The normalized spacial score (nSPS) is 23.2. The number of hydrogen-bond donors (Lipinski definition) is 2. The van der Waals surface area contributed by atoms with Crippen LogP contribution in [-0.4, -0.2) is 49.2 Å². The highest BCUT2D eigenvalue weighted by atomic mass is 16.2.